The minimum Gasteiger partial charge on any atom is -0.492 e. The molecule has 1 heterocycles. The third kappa shape index (κ3) is 5.79. The standard InChI is InChI=1S/C20H22ClN5O2/c1-25(13-14-28-18-10-5-9-17(21)15-18)19(27)11-6-12-26-23-20(22-24-26)16-7-3-2-4-8-16/h2-5,7-10,15H,6,11-14H2,1H3. The Hall–Kier alpha value is -2.93. The van der Waals surface area contributed by atoms with E-state index in [-0.39, 0.29) is 5.91 Å². The lowest BCUT2D eigenvalue weighted by molar-refractivity contribution is -0.130. The molecule has 0 fully saturated rings. The molecule has 0 N–H and O–H groups in total. The monoisotopic (exact) mass is 399 g/mol. The summed E-state index contributed by atoms with van der Waals surface area (Å²) >= 11 is 5.92. The number of hydrogen-bond acceptors (Lipinski definition) is 5. The summed E-state index contributed by atoms with van der Waals surface area (Å²) in [6.07, 6.45) is 1.05. The molecule has 28 heavy (non-hydrogen) atoms. The number of nitrogens with zero attached hydrogens (tertiary/aromatic N) is 5. The predicted octanol–water partition coefficient (Wildman–Crippen LogP) is 3.31. The average molecular weight is 400 g/mol. The lowest BCUT2D eigenvalue weighted by Gasteiger charge is -2.17. The molecule has 0 aliphatic heterocycles. The van der Waals surface area contributed by atoms with Crippen LogP contribution in [0.1, 0.15) is 12.8 Å². The van der Waals surface area contributed by atoms with Gasteiger partial charge in [-0.3, -0.25) is 4.79 Å². The number of carbonyl (C=O) groups is 1. The highest BCUT2D eigenvalue weighted by atomic mass is 35.5. The van der Waals surface area contributed by atoms with E-state index < -0.39 is 0 Å². The third-order valence-corrected chi connectivity index (χ3v) is 4.39. The highest BCUT2D eigenvalue weighted by Crippen LogP contribution is 2.17. The number of aromatic nitrogens is 4. The zero-order valence-corrected chi connectivity index (χ0v) is 16.4. The molecule has 1 amide bonds. The molecular formula is C20H22ClN5O2. The molecule has 0 atom stereocenters. The number of benzene rings is 2. The number of carbonyl (C=O) groups excluding carboxylic acids is 1. The van der Waals surface area contributed by atoms with Gasteiger partial charge >= 0.3 is 0 Å². The van der Waals surface area contributed by atoms with Crippen LogP contribution in [0.25, 0.3) is 11.4 Å². The van der Waals surface area contributed by atoms with Gasteiger partial charge in [-0.1, -0.05) is 48.0 Å². The van der Waals surface area contributed by atoms with Crippen molar-refractivity contribution >= 4 is 17.5 Å². The number of amides is 1. The molecule has 0 spiro atoms. The molecule has 3 rings (SSSR count). The number of aryl methyl sites for hydroxylation is 1. The van der Waals surface area contributed by atoms with Crippen LogP contribution in [-0.4, -0.2) is 51.2 Å². The normalized spacial score (nSPS) is 10.6. The molecule has 0 radical (unpaired) electrons. The Morgan fingerprint density at radius 1 is 1.18 bits per heavy atom. The molecular weight excluding hydrogens is 378 g/mol. The minimum atomic E-state index is 0.0538. The van der Waals surface area contributed by atoms with Gasteiger partial charge in [0.25, 0.3) is 0 Å². The second-order valence-corrected chi connectivity index (χ2v) is 6.74. The molecule has 8 heteroatoms. The number of likely N-dealkylation sites (N-methyl/N-ethyl adjacent to an activating group) is 1. The summed E-state index contributed by atoms with van der Waals surface area (Å²) in [7, 11) is 1.77. The zero-order valence-electron chi connectivity index (χ0n) is 15.7. The maximum absolute atomic E-state index is 12.2. The van der Waals surface area contributed by atoms with E-state index in [4.69, 9.17) is 16.3 Å². The molecule has 1 aromatic heterocycles. The number of hydrogen-bond donors (Lipinski definition) is 0. The number of tetrazole rings is 1. The van der Waals surface area contributed by atoms with Gasteiger partial charge in [-0.05, 0) is 29.8 Å². The minimum absolute atomic E-state index is 0.0538. The van der Waals surface area contributed by atoms with Gasteiger partial charge in [0.15, 0.2) is 0 Å². The summed E-state index contributed by atoms with van der Waals surface area (Å²) in [5.41, 5.74) is 0.921. The predicted molar refractivity (Wildman–Crippen MR) is 107 cm³/mol. The Bertz CT molecular complexity index is 900. The number of rotatable bonds is 9. The first-order valence-electron chi connectivity index (χ1n) is 9.07. The van der Waals surface area contributed by atoms with Crippen LogP contribution in [0.5, 0.6) is 5.75 Å². The Morgan fingerprint density at radius 3 is 2.79 bits per heavy atom. The van der Waals surface area contributed by atoms with Crippen LogP contribution in [-0.2, 0) is 11.3 Å². The quantitative estimate of drug-likeness (QED) is 0.552. The SMILES string of the molecule is CN(CCOc1cccc(Cl)c1)C(=O)CCCn1nnc(-c2ccccc2)n1. The van der Waals surface area contributed by atoms with Gasteiger partial charge in [-0.15, -0.1) is 10.2 Å². The van der Waals surface area contributed by atoms with Crippen molar-refractivity contribution in [3.63, 3.8) is 0 Å². The van der Waals surface area contributed by atoms with Gasteiger partial charge in [0.2, 0.25) is 11.7 Å². The Morgan fingerprint density at radius 2 is 2.00 bits per heavy atom. The van der Waals surface area contributed by atoms with Crippen molar-refractivity contribution in [3.8, 4) is 17.1 Å². The van der Waals surface area contributed by atoms with Gasteiger partial charge in [-0.2, -0.15) is 4.80 Å². The molecule has 0 unspecified atom stereocenters. The molecule has 2 aromatic carbocycles. The highest BCUT2D eigenvalue weighted by Gasteiger charge is 2.10. The summed E-state index contributed by atoms with van der Waals surface area (Å²) in [5.74, 6) is 1.33. The molecule has 7 nitrogen and oxygen atoms in total. The van der Waals surface area contributed by atoms with Crippen molar-refractivity contribution in [1.82, 2.24) is 25.1 Å². The van der Waals surface area contributed by atoms with Gasteiger partial charge in [0, 0.05) is 24.1 Å². The summed E-state index contributed by atoms with van der Waals surface area (Å²) < 4.78 is 5.62. The zero-order chi connectivity index (χ0) is 19.8. The van der Waals surface area contributed by atoms with Crippen LogP contribution in [0.4, 0.5) is 0 Å². The Kier molecular flexibility index (Phi) is 6.97. The molecule has 0 aliphatic carbocycles. The van der Waals surface area contributed by atoms with Crippen LogP contribution in [0, 0.1) is 0 Å². The van der Waals surface area contributed by atoms with E-state index in [0.29, 0.717) is 49.1 Å². The van der Waals surface area contributed by atoms with Crippen LogP contribution in [0.2, 0.25) is 5.02 Å². The maximum atomic E-state index is 12.2. The fourth-order valence-corrected chi connectivity index (χ4v) is 2.77. The second kappa shape index (κ2) is 9.85. The Labute approximate surface area is 168 Å². The molecule has 0 aliphatic rings. The van der Waals surface area contributed by atoms with E-state index >= 15 is 0 Å². The largest absolute Gasteiger partial charge is 0.492 e. The molecule has 0 bridgehead atoms. The van der Waals surface area contributed by atoms with Crippen molar-refractivity contribution in [2.24, 2.45) is 0 Å². The smallest absolute Gasteiger partial charge is 0.222 e. The van der Waals surface area contributed by atoms with E-state index in [2.05, 4.69) is 15.4 Å². The van der Waals surface area contributed by atoms with E-state index in [1.807, 2.05) is 42.5 Å². The van der Waals surface area contributed by atoms with E-state index in [9.17, 15) is 4.79 Å². The van der Waals surface area contributed by atoms with Crippen LogP contribution in [0.15, 0.2) is 54.6 Å². The molecule has 0 saturated heterocycles. The fraction of sp³-hybridized carbons (Fsp3) is 0.300. The maximum Gasteiger partial charge on any atom is 0.222 e. The van der Waals surface area contributed by atoms with Gasteiger partial charge in [-0.25, -0.2) is 0 Å². The topological polar surface area (TPSA) is 73.1 Å². The first-order chi connectivity index (χ1) is 13.6. The molecule has 146 valence electrons. The van der Waals surface area contributed by atoms with Gasteiger partial charge in [0.1, 0.15) is 12.4 Å². The van der Waals surface area contributed by atoms with Crippen LogP contribution >= 0.6 is 11.6 Å². The van der Waals surface area contributed by atoms with Gasteiger partial charge < -0.3 is 9.64 Å². The molecule has 3 aromatic rings. The Balaban J connectivity index is 1.37. The van der Waals surface area contributed by atoms with Crippen molar-refractivity contribution in [2.45, 2.75) is 19.4 Å². The third-order valence-electron chi connectivity index (χ3n) is 4.15. The second-order valence-electron chi connectivity index (χ2n) is 6.30. The summed E-state index contributed by atoms with van der Waals surface area (Å²) in [4.78, 5) is 15.4. The van der Waals surface area contributed by atoms with Crippen molar-refractivity contribution in [1.29, 1.82) is 0 Å². The number of ether oxygens (including phenoxy) is 1. The lowest BCUT2D eigenvalue weighted by atomic mass is 10.2. The average Bonchev–Trinajstić information content (AvgIpc) is 3.17. The highest BCUT2D eigenvalue weighted by molar-refractivity contribution is 6.30. The summed E-state index contributed by atoms with van der Waals surface area (Å²) in [6.45, 7) is 1.46. The van der Waals surface area contributed by atoms with E-state index in [0.717, 1.165) is 5.56 Å². The van der Waals surface area contributed by atoms with Crippen molar-refractivity contribution < 1.29 is 9.53 Å². The first-order valence-corrected chi connectivity index (χ1v) is 9.45. The van der Waals surface area contributed by atoms with E-state index in [1.165, 1.54) is 4.80 Å². The summed E-state index contributed by atoms with van der Waals surface area (Å²) in [6, 6.07) is 16.9. The van der Waals surface area contributed by atoms with Crippen molar-refractivity contribution in [2.75, 3.05) is 20.2 Å². The molecule has 0 saturated carbocycles. The lowest BCUT2D eigenvalue weighted by Crippen LogP contribution is -2.30. The van der Waals surface area contributed by atoms with Crippen LogP contribution < -0.4 is 4.74 Å². The van der Waals surface area contributed by atoms with Crippen LogP contribution in [0.3, 0.4) is 0 Å². The number of halogens is 1. The van der Waals surface area contributed by atoms with Crippen molar-refractivity contribution in [3.05, 3.63) is 59.6 Å². The van der Waals surface area contributed by atoms with E-state index in [1.54, 1.807) is 24.1 Å². The van der Waals surface area contributed by atoms with Gasteiger partial charge in [0.05, 0.1) is 13.1 Å². The first kappa shape index (κ1) is 19.8. The summed E-state index contributed by atoms with van der Waals surface area (Å²) in [5, 5.41) is 13.1. The fourth-order valence-electron chi connectivity index (χ4n) is 2.59.